The average molecular weight is 197 g/mol. The number of nitrogens with zero attached hydrogens (tertiary/aromatic N) is 1. The number of rotatable bonds is 2. The number of aliphatic hydroxyl groups excluding tert-OH is 1. The number of pyridine rings is 1. The van der Waals surface area contributed by atoms with E-state index in [4.69, 9.17) is 5.11 Å². The standard InChI is InChI=1S/C9H13NO2.C2H6/c1-3-7-4-10-6(2)9(12)8(7)5-11;1-2/h4,11-12H,3,5H2,1-2H3;1-2H3. The number of aliphatic hydroxyl groups is 1. The predicted molar refractivity (Wildman–Crippen MR) is 57.3 cm³/mol. The maximum Gasteiger partial charge on any atom is 0.142 e. The molecule has 1 aromatic rings. The number of hydrogen-bond donors (Lipinski definition) is 2. The molecular formula is C11H19NO2. The van der Waals surface area contributed by atoms with Crippen LogP contribution in [0.2, 0.25) is 0 Å². The summed E-state index contributed by atoms with van der Waals surface area (Å²) in [7, 11) is 0. The summed E-state index contributed by atoms with van der Waals surface area (Å²) >= 11 is 0. The predicted octanol–water partition coefficient (Wildman–Crippen LogP) is 2.18. The van der Waals surface area contributed by atoms with Crippen LogP contribution in [-0.4, -0.2) is 15.2 Å². The molecule has 0 atom stereocenters. The third-order valence-electron chi connectivity index (χ3n) is 1.97. The van der Waals surface area contributed by atoms with Gasteiger partial charge in [-0.2, -0.15) is 0 Å². The number of aromatic nitrogens is 1. The maximum atomic E-state index is 9.49. The summed E-state index contributed by atoms with van der Waals surface area (Å²) in [5, 5.41) is 18.5. The van der Waals surface area contributed by atoms with Gasteiger partial charge in [0.2, 0.25) is 0 Å². The fraction of sp³-hybridized carbons (Fsp3) is 0.545. The van der Waals surface area contributed by atoms with E-state index in [1.807, 2.05) is 20.8 Å². The van der Waals surface area contributed by atoms with E-state index in [2.05, 4.69) is 4.98 Å². The van der Waals surface area contributed by atoms with Crippen LogP contribution in [0, 0.1) is 6.92 Å². The van der Waals surface area contributed by atoms with Crippen molar-refractivity contribution >= 4 is 0 Å². The third kappa shape index (κ3) is 2.70. The molecule has 3 nitrogen and oxygen atoms in total. The molecule has 0 aromatic carbocycles. The second-order valence-corrected chi connectivity index (χ2v) is 2.71. The van der Waals surface area contributed by atoms with Gasteiger partial charge in [0.15, 0.2) is 0 Å². The van der Waals surface area contributed by atoms with Gasteiger partial charge in [-0.05, 0) is 18.9 Å². The van der Waals surface area contributed by atoms with Gasteiger partial charge in [-0.1, -0.05) is 20.8 Å². The van der Waals surface area contributed by atoms with Crippen molar-refractivity contribution in [1.29, 1.82) is 0 Å². The van der Waals surface area contributed by atoms with Crippen LogP contribution < -0.4 is 0 Å². The number of aromatic hydroxyl groups is 1. The molecule has 0 amide bonds. The average Bonchev–Trinajstić information content (AvgIpc) is 2.24. The summed E-state index contributed by atoms with van der Waals surface area (Å²) in [4.78, 5) is 4.00. The monoisotopic (exact) mass is 197 g/mol. The minimum absolute atomic E-state index is 0.122. The lowest BCUT2D eigenvalue weighted by atomic mass is 10.1. The molecular weight excluding hydrogens is 178 g/mol. The zero-order chi connectivity index (χ0) is 11.1. The van der Waals surface area contributed by atoms with Gasteiger partial charge in [0.25, 0.3) is 0 Å². The van der Waals surface area contributed by atoms with Gasteiger partial charge in [0.1, 0.15) is 5.75 Å². The first-order valence-corrected chi connectivity index (χ1v) is 4.97. The summed E-state index contributed by atoms with van der Waals surface area (Å²) in [6, 6.07) is 0. The van der Waals surface area contributed by atoms with Crippen LogP contribution in [0.25, 0.3) is 0 Å². The maximum absolute atomic E-state index is 9.49. The van der Waals surface area contributed by atoms with Gasteiger partial charge < -0.3 is 10.2 Å². The van der Waals surface area contributed by atoms with E-state index in [0.717, 1.165) is 12.0 Å². The zero-order valence-electron chi connectivity index (χ0n) is 9.33. The van der Waals surface area contributed by atoms with E-state index >= 15 is 0 Å². The fourth-order valence-electron chi connectivity index (χ4n) is 1.17. The molecule has 1 heterocycles. The van der Waals surface area contributed by atoms with E-state index in [-0.39, 0.29) is 12.4 Å². The molecule has 0 aliphatic rings. The first-order valence-electron chi connectivity index (χ1n) is 4.97. The Balaban J connectivity index is 0.000000791. The Morgan fingerprint density at radius 2 is 1.93 bits per heavy atom. The lowest BCUT2D eigenvalue weighted by Crippen LogP contribution is -1.97. The lowest BCUT2D eigenvalue weighted by molar-refractivity contribution is 0.273. The molecule has 1 aromatic heterocycles. The lowest BCUT2D eigenvalue weighted by Gasteiger charge is -2.08. The Morgan fingerprint density at radius 1 is 1.36 bits per heavy atom. The molecule has 2 N–H and O–H groups in total. The highest BCUT2D eigenvalue weighted by atomic mass is 16.3. The van der Waals surface area contributed by atoms with Gasteiger partial charge in [-0.15, -0.1) is 0 Å². The zero-order valence-corrected chi connectivity index (χ0v) is 9.33. The van der Waals surface area contributed by atoms with Crippen LogP contribution in [-0.2, 0) is 13.0 Å². The van der Waals surface area contributed by atoms with Crippen molar-refractivity contribution in [3.05, 3.63) is 23.0 Å². The van der Waals surface area contributed by atoms with Crippen LogP contribution in [0.1, 0.15) is 37.6 Å². The highest BCUT2D eigenvalue weighted by Gasteiger charge is 2.08. The topological polar surface area (TPSA) is 53.4 Å². The Bertz CT molecular complexity index is 285. The SMILES string of the molecule is CC.CCc1cnc(C)c(O)c1CO. The number of hydrogen-bond acceptors (Lipinski definition) is 3. The van der Waals surface area contributed by atoms with Crippen molar-refractivity contribution < 1.29 is 10.2 Å². The second-order valence-electron chi connectivity index (χ2n) is 2.71. The molecule has 0 spiro atoms. The third-order valence-corrected chi connectivity index (χ3v) is 1.97. The molecule has 0 saturated carbocycles. The molecule has 0 fully saturated rings. The molecule has 1 rings (SSSR count). The summed E-state index contributed by atoms with van der Waals surface area (Å²) in [6.45, 7) is 7.55. The molecule has 0 radical (unpaired) electrons. The van der Waals surface area contributed by atoms with Crippen molar-refractivity contribution in [3.8, 4) is 5.75 Å². The van der Waals surface area contributed by atoms with Gasteiger partial charge in [-0.25, -0.2) is 0 Å². The first kappa shape index (κ1) is 12.9. The van der Waals surface area contributed by atoms with Gasteiger partial charge in [0, 0.05) is 11.8 Å². The highest BCUT2D eigenvalue weighted by molar-refractivity contribution is 5.40. The van der Waals surface area contributed by atoms with E-state index < -0.39 is 0 Å². The van der Waals surface area contributed by atoms with Crippen molar-refractivity contribution in [2.24, 2.45) is 0 Å². The van der Waals surface area contributed by atoms with Gasteiger partial charge >= 0.3 is 0 Å². The molecule has 14 heavy (non-hydrogen) atoms. The quantitative estimate of drug-likeness (QED) is 0.764. The Hall–Kier alpha value is -1.09. The molecule has 0 aliphatic carbocycles. The fourth-order valence-corrected chi connectivity index (χ4v) is 1.17. The van der Waals surface area contributed by atoms with Crippen LogP contribution in [0.5, 0.6) is 5.75 Å². The van der Waals surface area contributed by atoms with Crippen molar-refractivity contribution in [2.45, 2.75) is 40.7 Å². The summed E-state index contributed by atoms with van der Waals surface area (Å²) < 4.78 is 0. The van der Waals surface area contributed by atoms with Crippen LogP contribution >= 0.6 is 0 Å². The van der Waals surface area contributed by atoms with Crippen LogP contribution in [0.4, 0.5) is 0 Å². The smallest absolute Gasteiger partial charge is 0.142 e. The summed E-state index contributed by atoms with van der Waals surface area (Å²) in [5.74, 6) is 0.122. The van der Waals surface area contributed by atoms with Gasteiger partial charge in [-0.3, -0.25) is 4.98 Å². The van der Waals surface area contributed by atoms with Crippen molar-refractivity contribution in [2.75, 3.05) is 0 Å². The van der Waals surface area contributed by atoms with Crippen molar-refractivity contribution in [1.82, 2.24) is 4.98 Å². The largest absolute Gasteiger partial charge is 0.506 e. The summed E-state index contributed by atoms with van der Waals surface area (Å²) in [5.41, 5.74) is 2.07. The van der Waals surface area contributed by atoms with E-state index in [0.29, 0.717) is 11.3 Å². The molecule has 0 bridgehead atoms. The van der Waals surface area contributed by atoms with E-state index in [9.17, 15) is 5.11 Å². The van der Waals surface area contributed by atoms with E-state index in [1.54, 1.807) is 13.1 Å². The Labute approximate surface area is 85.4 Å². The van der Waals surface area contributed by atoms with Crippen LogP contribution in [0.15, 0.2) is 6.20 Å². The Morgan fingerprint density at radius 3 is 2.36 bits per heavy atom. The number of aryl methyl sites for hydroxylation is 2. The second kappa shape index (κ2) is 6.38. The van der Waals surface area contributed by atoms with Gasteiger partial charge in [0.05, 0.1) is 12.3 Å². The normalized spacial score (nSPS) is 9.21. The molecule has 0 aliphatic heterocycles. The molecule has 0 unspecified atom stereocenters. The molecule has 0 saturated heterocycles. The minimum atomic E-state index is -0.127. The minimum Gasteiger partial charge on any atom is -0.506 e. The summed E-state index contributed by atoms with van der Waals surface area (Å²) in [6.07, 6.45) is 2.47. The highest BCUT2D eigenvalue weighted by Crippen LogP contribution is 2.23. The molecule has 3 heteroatoms. The van der Waals surface area contributed by atoms with Crippen molar-refractivity contribution in [3.63, 3.8) is 0 Å². The van der Waals surface area contributed by atoms with Crippen LogP contribution in [0.3, 0.4) is 0 Å². The van der Waals surface area contributed by atoms with E-state index in [1.165, 1.54) is 0 Å². The molecule has 80 valence electrons. The first-order chi connectivity index (χ1) is 6.70. The Kier molecular flexibility index (Phi) is 5.88.